The predicted molar refractivity (Wildman–Crippen MR) is 126 cm³/mol. The number of rotatable bonds is 7. The van der Waals surface area contributed by atoms with Crippen molar-refractivity contribution in [1.82, 2.24) is 20.1 Å². The topological polar surface area (TPSA) is 60.5 Å². The van der Waals surface area contributed by atoms with Crippen LogP contribution in [0, 0.1) is 0 Å². The molecule has 0 bridgehead atoms. The van der Waals surface area contributed by atoms with Crippen LogP contribution in [-0.4, -0.2) is 67.5 Å². The van der Waals surface area contributed by atoms with Gasteiger partial charge in [-0.1, -0.05) is 48.5 Å². The number of carbonyl (C=O) groups excluding carboxylic acids is 1. The maximum atomic E-state index is 12.9. The first-order chi connectivity index (χ1) is 15.2. The van der Waals surface area contributed by atoms with Crippen LogP contribution in [0.4, 0.5) is 5.82 Å². The smallest absolute Gasteiger partial charge is 0.252 e. The molecule has 1 unspecified atom stereocenters. The maximum Gasteiger partial charge on any atom is 0.252 e. The molecule has 1 amide bonds. The van der Waals surface area contributed by atoms with Gasteiger partial charge in [-0.2, -0.15) is 0 Å². The van der Waals surface area contributed by atoms with E-state index in [1.165, 1.54) is 5.56 Å². The van der Waals surface area contributed by atoms with Crippen molar-refractivity contribution in [2.24, 2.45) is 0 Å². The van der Waals surface area contributed by atoms with Gasteiger partial charge in [0.2, 0.25) is 0 Å². The quantitative estimate of drug-likeness (QED) is 0.577. The minimum Gasteiger partial charge on any atom is -0.373 e. The first-order valence-corrected chi connectivity index (χ1v) is 11.0. The number of nitrogens with zero attached hydrogens (tertiary/aromatic N) is 3. The minimum atomic E-state index is -0.0481. The number of piperazine rings is 1. The Balaban J connectivity index is 1.37. The monoisotopic (exact) mass is 417 g/mol. The number of amides is 1. The number of hydrogen-bond acceptors (Lipinski definition) is 5. The second-order valence-corrected chi connectivity index (χ2v) is 8.16. The Morgan fingerprint density at radius 3 is 2.68 bits per heavy atom. The van der Waals surface area contributed by atoms with Crippen molar-refractivity contribution < 1.29 is 4.79 Å². The number of likely N-dealkylation sites (N-methyl/N-ethyl adjacent to an activating group) is 1. The highest BCUT2D eigenvalue weighted by atomic mass is 16.1. The Hall–Kier alpha value is -2.96. The van der Waals surface area contributed by atoms with E-state index >= 15 is 0 Å². The van der Waals surface area contributed by atoms with Gasteiger partial charge in [0.1, 0.15) is 5.82 Å². The molecule has 162 valence electrons. The van der Waals surface area contributed by atoms with Gasteiger partial charge in [0, 0.05) is 51.2 Å². The zero-order chi connectivity index (χ0) is 21.6. The Labute approximate surface area is 184 Å². The Kier molecular flexibility index (Phi) is 6.79. The third-order valence-corrected chi connectivity index (χ3v) is 6.00. The first-order valence-electron chi connectivity index (χ1n) is 11.0. The van der Waals surface area contributed by atoms with E-state index < -0.39 is 0 Å². The maximum absolute atomic E-state index is 12.9. The highest BCUT2D eigenvalue weighted by molar-refractivity contribution is 6.06. The molecule has 31 heavy (non-hydrogen) atoms. The van der Waals surface area contributed by atoms with Crippen LogP contribution in [0.5, 0.6) is 0 Å². The number of aromatic nitrogens is 1. The SMILES string of the molecule is CNc1cc(C(=O)NCCCN2CCN(C)CC2c2ccccc2)c2ccccc2n1. The molecule has 1 aliphatic rings. The summed E-state index contributed by atoms with van der Waals surface area (Å²) < 4.78 is 0. The molecule has 2 heterocycles. The predicted octanol–water partition coefficient (Wildman–Crippen LogP) is 3.39. The standard InChI is InChI=1S/C25H31N5O/c1-26-24-17-21(20-11-6-7-12-22(20)28-24)25(31)27-13-8-14-30-16-15-29(2)18-23(30)19-9-4-3-5-10-19/h3-7,9-12,17,23H,8,13-16,18H2,1-2H3,(H,26,28)(H,27,31). The largest absolute Gasteiger partial charge is 0.373 e. The summed E-state index contributed by atoms with van der Waals surface area (Å²) in [7, 11) is 4.00. The van der Waals surface area contributed by atoms with Crippen LogP contribution < -0.4 is 10.6 Å². The first kappa shape index (κ1) is 21.3. The molecule has 1 aromatic heterocycles. The summed E-state index contributed by atoms with van der Waals surface area (Å²) in [5.74, 6) is 0.653. The van der Waals surface area contributed by atoms with Gasteiger partial charge in [-0.05, 0) is 31.2 Å². The van der Waals surface area contributed by atoms with Gasteiger partial charge in [-0.25, -0.2) is 4.98 Å². The van der Waals surface area contributed by atoms with Gasteiger partial charge in [-0.3, -0.25) is 9.69 Å². The summed E-state index contributed by atoms with van der Waals surface area (Å²) in [5, 5.41) is 7.04. The summed E-state index contributed by atoms with van der Waals surface area (Å²) in [6, 6.07) is 20.7. The summed E-state index contributed by atoms with van der Waals surface area (Å²) in [5.41, 5.74) is 2.85. The van der Waals surface area contributed by atoms with E-state index in [2.05, 4.69) is 62.8 Å². The third kappa shape index (κ3) is 5.03. The van der Waals surface area contributed by atoms with E-state index in [9.17, 15) is 4.79 Å². The van der Waals surface area contributed by atoms with Crippen LogP contribution in [-0.2, 0) is 0 Å². The molecule has 0 saturated carbocycles. The van der Waals surface area contributed by atoms with Crippen LogP contribution in [0.25, 0.3) is 10.9 Å². The van der Waals surface area contributed by atoms with Crippen molar-refractivity contribution in [2.75, 3.05) is 52.1 Å². The van der Waals surface area contributed by atoms with Crippen LogP contribution >= 0.6 is 0 Å². The number of pyridine rings is 1. The highest BCUT2D eigenvalue weighted by Crippen LogP contribution is 2.25. The second kappa shape index (κ2) is 9.90. The molecular formula is C25H31N5O. The summed E-state index contributed by atoms with van der Waals surface area (Å²) in [6.45, 7) is 4.77. The molecule has 0 spiro atoms. The lowest BCUT2D eigenvalue weighted by Crippen LogP contribution is -2.47. The van der Waals surface area contributed by atoms with Crippen molar-refractivity contribution in [1.29, 1.82) is 0 Å². The molecule has 2 aromatic carbocycles. The third-order valence-electron chi connectivity index (χ3n) is 6.00. The van der Waals surface area contributed by atoms with Crippen molar-refractivity contribution >= 4 is 22.6 Å². The summed E-state index contributed by atoms with van der Waals surface area (Å²) >= 11 is 0. The van der Waals surface area contributed by atoms with Gasteiger partial charge in [-0.15, -0.1) is 0 Å². The van der Waals surface area contributed by atoms with Crippen LogP contribution in [0.1, 0.15) is 28.4 Å². The molecule has 1 aliphatic heterocycles. The molecule has 6 heteroatoms. The number of nitrogens with one attached hydrogen (secondary N) is 2. The number of para-hydroxylation sites is 1. The average Bonchev–Trinajstić information content (AvgIpc) is 2.82. The van der Waals surface area contributed by atoms with E-state index in [0.717, 1.165) is 43.5 Å². The molecule has 0 aliphatic carbocycles. The second-order valence-electron chi connectivity index (χ2n) is 8.16. The molecule has 1 atom stereocenters. The van der Waals surface area contributed by atoms with Crippen molar-refractivity contribution in [3.63, 3.8) is 0 Å². The molecule has 6 nitrogen and oxygen atoms in total. The van der Waals surface area contributed by atoms with Gasteiger partial charge in [0.15, 0.2) is 0 Å². The van der Waals surface area contributed by atoms with E-state index in [1.54, 1.807) is 0 Å². The number of hydrogen-bond donors (Lipinski definition) is 2. The Bertz CT molecular complexity index is 1020. The normalized spacial score (nSPS) is 17.5. The zero-order valence-corrected chi connectivity index (χ0v) is 18.3. The fraction of sp³-hybridized carbons (Fsp3) is 0.360. The molecule has 3 aromatic rings. The summed E-state index contributed by atoms with van der Waals surface area (Å²) in [6.07, 6.45) is 0.917. The number of benzene rings is 2. The van der Waals surface area contributed by atoms with Gasteiger partial charge in [0.05, 0.1) is 11.1 Å². The lowest BCUT2D eigenvalue weighted by atomic mass is 10.0. The van der Waals surface area contributed by atoms with Crippen molar-refractivity contribution in [3.05, 3.63) is 71.8 Å². The fourth-order valence-electron chi connectivity index (χ4n) is 4.29. The van der Waals surface area contributed by atoms with E-state index in [-0.39, 0.29) is 5.91 Å². The van der Waals surface area contributed by atoms with E-state index in [1.807, 2.05) is 37.4 Å². The van der Waals surface area contributed by atoms with Gasteiger partial charge >= 0.3 is 0 Å². The number of anilines is 1. The molecule has 1 saturated heterocycles. The molecule has 0 radical (unpaired) electrons. The minimum absolute atomic E-state index is 0.0481. The van der Waals surface area contributed by atoms with Gasteiger partial charge in [0.25, 0.3) is 5.91 Å². The molecular weight excluding hydrogens is 386 g/mol. The zero-order valence-electron chi connectivity index (χ0n) is 18.3. The lowest BCUT2D eigenvalue weighted by molar-refractivity contribution is 0.0866. The van der Waals surface area contributed by atoms with E-state index in [0.29, 0.717) is 24.0 Å². The number of carbonyl (C=O) groups is 1. The van der Waals surface area contributed by atoms with Crippen LogP contribution in [0.15, 0.2) is 60.7 Å². The lowest BCUT2D eigenvalue weighted by Gasteiger charge is -2.40. The fourth-order valence-corrected chi connectivity index (χ4v) is 4.29. The van der Waals surface area contributed by atoms with Crippen LogP contribution in [0.3, 0.4) is 0 Å². The van der Waals surface area contributed by atoms with E-state index in [4.69, 9.17) is 0 Å². The molecule has 2 N–H and O–H groups in total. The Morgan fingerprint density at radius 2 is 1.87 bits per heavy atom. The number of fused-ring (bicyclic) bond motifs is 1. The average molecular weight is 418 g/mol. The van der Waals surface area contributed by atoms with Crippen LogP contribution in [0.2, 0.25) is 0 Å². The van der Waals surface area contributed by atoms with Crippen molar-refractivity contribution in [2.45, 2.75) is 12.5 Å². The van der Waals surface area contributed by atoms with Crippen molar-refractivity contribution in [3.8, 4) is 0 Å². The molecule has 4 rings (SSSR count). The Morgan fingerprint density at radius 1 is 1.10 bits per heavy atom. The van der Waals surface area contributed by atoms with Gasteiger partial charge < -0.3 is 15.5 Å². The highest BCUT2D eigenvalue weighted by Gasteiger charge is 2.26. The molecule has 1 fully saturated rings. The summed E-state index contributed by atoms with van der Waals surface area (Å²) in [4.78, 5) is 22.4.